The first-order valence-electron chi connectivity index (χ1n) is 6.89. The predicted octanol–water partition coefficient (Wildman–Crippen LogP) is 2.92. The molecule has 0 heterocycles. The third kappa shape index (κ3) is 3.52. The molecule has 4 nitrogen and oxygen atoms in total. The number of carbonyl (C=O) groups is 1. The van der Waals surface area contributed by atoms with E-state index in [4.69, 9.17) is 10.5 Å². The number of carbonyl (C=O) groups excluding carboxylic acids is 1. The summed E-state index contributed by atoms with van der Waals surface area (Å²) in [6.45, 7) is 3.25. The summed E-state index contributed by atoms with van der Waals surface area (Å²) in [5.74, 6) is 0.601. The highest BCUT2D eigenvalue weighted by Gasteiger charge is 2.34. The summed E-state index contributed by atoms with van der Waals surface area (Å²) >= 11 is 3.39. The Morgan fingerprint density at radius 1 is 1.55 bits per heavy atom. The monoisotopic (exact) mass is 340 g/mol. The number of anilines is 1. The highest BCUT2D eigenvalue weighted by Crippen LogP contribution is 2.36. The molecule has 1 fully saturated rings. The molecule has 0 saturated heterocycles. The van der Waals surface area contributed by atoms with Crippen LogP contribution in [0, 0.1) is 5.92 Å². The third-order valence-electron chi connectivity index (χ3n) is 3.84. The molecule has 1 aliphatic rings. The maximum Gasteiger partial charge on any atom is 0.256 e. The van der Waals surface area contributed by atoms with Crippen LogP contribution in [-0.2, 0) is 4.74 Å². The topological polar surface area (TPSA) is 55.6 Å². The summed E-state index contributed by atoms with van der Waals surface area (Å²) < 4.78 is 5.99. The molecule has 2 N–H and O–H groups in total. The Morgan fingerprint density at radius 2 is 2.25 bits per heavy atom. The number of nitrogens with two attached hydrogens (primary N) is 1. The molecule has 1 aromatic rings. The minimum atomic E-state index is -0.0137. The zero-order valence-corrected chi connectivity index (χ0v) is 13.5. The lowest BCUT2D eigenvalue weighted by atomic mass is 10.1. The van der Waals surface area contributed by atoms with Crippen molar-refractivity contribution in [3.63, 3.8) is 0 Å². The lowest BCUT2D eigenvalue weighted by Gasteiger charge is -2.29. The Bertz CT molecular complexity index is 489. The van der Waals surface area contributed by atoms with E-state index in [9.17, 15) is 4.79 Å². The molecule has 1 aliphatic carbocycles. The Balaban J connectivity index is 2.22. The van der Waals surface area contributed by atoms with E-state index >= 15 is 0 Å². The number of rotatable bonds is 6. The van der Waals surface area contributed by atoms with Crippen LogP contribution in [0.3, 0.4) is 0 Å². The van der Waals surface area contributed by atoms with E-state index in [2.05, 4.69) is 22.9 Å². The van der Waals surface area contributed by atoms with Gasteiger partial charge in [-0.15, -0.1) is 0 Å². The van der Waals surface area contributed by atoms with Crippen molar-refractivity contribution in [1.29, 1.82) is 0 Å². The SMILES string of the molecule is COCCN(C(=O)c1cc(Br)ccc1N)C(C)C1CC1. The lowest BCUT2D eigenvalue weighted by Crippen LogP contribution is -2.42. The van der Waals surface area contributed by atoms with Crippen molar-refractivity contribution in [3.05, 3.63) is 28.2 Å². The van der Waals surface area contributed by atoms with E-state index in [0.717, 1.165) is 4.47 Å². The van der Waals surface area contributed by atoms with Crippen LogP contribution in [0.15, 0.2) is 22.7 Å². The molecule has 2 rings (SSSR count). The first kappa shape index (κ1) is 15.3. The van der Waals surface area contributed by atoms with E-state index in [-0.39, 0.29) is 11.9 Å². The van der Waals surface area contributed by atoms with Crippen molar-refractivity contribution < 1.29 is 9.53 Å². The number of halogens is 1. The molecule has 110 valence electrons. The van der Waals surface area contributed by atoms with Crippen LogP contribution in [0.2, 0.25) is 0 Å². The summed E-state index contributed by atoms with van der Waals surface area (Å²) in [4.78, 5) is 14.7. The van der Waals surface area contributed by atoms with Gasteiger partial charge in [-0.3, -0.25) is 4.79 Å². The number of benzene rings is 1. The van der Waals surface area contributed by atoms with Crippen molar-refractivity contribution >= 4 is 27.5 Å². The first-order valence-corrected chi connectivity index (χ1v) is 7.68. The van der Waals surface area contributed by atoms with Crippen LogP contribution in [0.4, 0.5) is 5.69 Å². The number of hydrogen-bond donors (Lipinski definition) is 1. The Labute approximate surface area is 128 Å². The van der Waals surface area contributed by atoms with Gasteiger partial charge in [0.15, 0.2) is 0 Å². The van der Waals surface area contributed by atoms with Gasteiger partial charge < -0.3 is 15.4 Å². The number of amides is 1. The molecule has 5 heteroatoms. The van der Waals surface area contributed by atoms with E-state index < -0.39 is 0 Å². The second-order valence-electron chi connectivity index (χ2n) is 5.30. The van der Waals surface area contributed by atoms with Crippen molar-refractivity contribution in [3.8, 4) is 0 Å². The number of nitrogen functional groups attached to an aromatic ring is 1. The Hall–Kier alpha value is -1.07. The standard InChI is InChI=1S/C15H21BrN2O2/c1-10(11-3-4-11)18(7-8-20-2)15(19)13-9-12(16)5-6-14(13)17/h5-6,9-11H,3-4,7-8,17H2,1-2H3. The van der Waals surface area contributed by atoms with Gasteiger partial charge in [-0.2, -0.15) is 0 Å². The molecular weight excluding hydrogens is 320 g/mol. The van der Waals surface area contributed by atoms with Crippen LogP contribution in [-0.4, -0.2) is 37.1 Å². The summed E-state index contributed by atoms with van der Waals surface area (Å²) in [5.41, 5.74) is 7.02. The Kier molecular flexibility index (Phi) is 5.05. The molecule has 1 amide bonds. The van der Waals surface area contributed by atoms with Gasteiger partial charge in [0.2, 0.25) is 0 Å². The quantitative estimate of drug-likeness (QED) is 0.810. The second-order valence-corrected chi connectivity index (χ2v) is 6.22. The summed E-state index contributed by atoms with van der Waals surface area (Å²) in [6.07, 6.45) is 2.40. The van der Waals surface area contributed by atoms with Crippen molar-refractivity contribution in [1.82, 2.24) is 4.90 Å². The summed E-state index contributed by atoms with van der Waals surface area (Å²) in [7, 11) is 1.65. The maximum atomic E-state index is 12.8. The fourth-order valence-corrected chi connectivity index (χ4v) is 2.74. The van der Waals surface area contributed by atoms with Gasteiger partial charge >= 0.3 is 0 Å². The maximum absolute atomic E-state index is 12.8. The molecule has 1 saturated carbocycles. The predicted molar refractivity (Wildman–Crippen MR) is 83.7 cm³/mol. The van der Waals surface area contributed by atoms with Gasteiger partial charge in [-0.1, -0.05) is 15.9 Å². The molecule has 0 aliphatic heterocycles. The number of methoxy groups -OCH3 is 1. The van der Waals surface area contributed by atoms with Crippen LogP contribution < -0.4 is 5.73 Å². The van der Waals surface area contributed by atoms with Gasteiger partial charge in [0.1, 0.15) is 0 Å². The van der Waals surface area contributed by atoms with Crippen LogP contribution in [0.25, 0.3) is 0 Å². The van der Waals surface area contributed by atoms with Crippen molar-refractivity contribution in [2.75, 3.05) is 26.0 Å². The lowest BCUT2D eigenvalue weighted by molar-refractivity contribution is 0.0595. The third-order valence-corrected chi connectivity index (χ3v) is 4.33. The van der Waals surface area contributed by atoms with Crippen molar-refractivity contribution in [2.45, 2.75) is 25.8 Å². The second kappa shape index (κ2) is 6.59. The van der Waals surface area contributed by atoms with Gasteiger partial charge in [-0.05, 0) is 43.9 Å². The van der Waals surface area contributed by atoms with Crippen LogP contribution in [0.1, 0.15) is 30.1 Å². The van der Waals surface area contributed by atoms with Gasteiger partial charge in [0.05, 0.1) is 12.2 Å². The Morgan fingerprint density at radius 3 is 2.85 bits per heavy atom. The van der Waals surface area contributed by atoms with Crippen molar-refractivity contribution in [2.24, 2.45) is 5.92 Å². The molecule has 0 aromatic heterocycles. The molecule has 0 radical (unpaired) electrons. The highest BCUT2D eigenvalue weighted by molar-refractivity contribution is 9.10. The molecule has 0 bridgehead atoms. The van der Waals surface area contributed by atoms with E-state index in [1.54, 1.807) is 19.2 Å². The summed E-state index contributed by atoms with van der Waals surface area (Å²) in [5, 5.41) is 0. The number of ether oxygens (including phenoxy) is 1. The molecule has 1 unspecified atom stereocenters. The average Bonchev–Trinajstić information content (AvgIpc) is 3.26. The zero-order valence-electron chi connectivity index (χ0n) is 11.9. The number of hydrogen-bond acceptors (Lipinski definition) is 3. The average molecular weight is 341 g/mol. The van der Waals surface area contributed by atoms with Gasteiger partial charge in [-0.25, -0.2) is 0 Å². The van der Waals surface area contributed by atoms with Gasteiger partial charge in [0.25, 0.3) is 5.91 Å². The molecule has 1 atom stereocenters. The van der Waals surface area contributed by atoms with E-state index in [1.807, 2.05) is 11.0 Å². The molecule has 0 spiro atoms. The van der Waals surface area contributed by atoms with Crippen LogP contribution >= 0.6 is 15.9 Å². The smallest absolute Gasteiger partial charge is 0.256 e. The fourth-order valence-electron chi connectivity index (χ4n) is 2.38. The van der Waals surface area contributed by atoms with E-state index in [0.29, 0.717) is 30.3 Å². The first-order chi connectivity index (χ1) is 9.54. The number of nitrogens with zero attached hydrogens (tertiary/aromatic N) is 1. The fraction of sp³-hybridized carbons (Fsp3) is 0.533. The molecular formula is C15H21BrN2O2. The normalized spacial score (nSPS) is 15.9. The minimum Gasteiger partial charge on any atom is -0.398 e. The minimum absolute atomic E-state index is 0.0137. The molecule has 20 heavy (non-hydrogen) atoms. The van der Waals surface area contributed by atoms with E-state index in [1.165, 1.54) is 12.8 Å². The zero-order chi connectivity index (χ0) is 14.7. The highest BCUT2D eigenvalue weighted by atomic mass is 79.9. The van der Waals surface area contributed by atoms with Crippen LogP contribution in [0.5, 0.6) is 0 Å². The molecule has 1 aromatic carbocycles. The summed E-state index contributed by atoms with van der Waals surface area (Å²) in [6, 6.07) is 5.62. The largest absolute Gasteiger partial charge is 0.398 e. The van der Waals surface area contributed by atoms with Gasteiger partial charge in [0, 0.05) is 29.9 Å².